The van der Waals surface area contributed by atoms with Gasteiger partial charge in [-0.15, -0.1) is 0 Å². The first-order valence-corrected chi connectivity index (χ1v) is 8.19. The molecule has 1 fully saturated rings. The standard InChI is InChI=1S/C17H20ClN3O2/c1-11(19)12-5-4-8-21(9-12)17(22)15-16(23-10-20-15)13-6-2-3-7-14(13)18/h2-3,6-7,10-12H,4-5,8-9,19H2,1H3/t11-,12+/m0/s1. The summed E-state index contributed by atoms with van der Waals surface area (Å²) in [6.07, 6.45) is 3.30. The SMILES string of the molecule is C[C@H](N)[C@@H]1CCCN(C(=O)c2ncoc2-c2ccccc2Cl)C1. The van der Waals surface area contributed by atoms with Crippen molar-refractivity contribution in [2.45, 2.75) is 25.8 Å². The first-order chi connectivity index (χ1) is 11.1. The predicted molar refractivity (Wildman–Crippen MR) is 89.2 cm³/mol. The maximum Gasteiger partial charge on any atom is 0.276 e. The van der Waals surface area contributed by atoms with Gasteiger partial charge < -0.3 is 15.1 Å². The van der Waals surface area contributed by atoms with Crippen molar-refractivity contribution in [3.8, 4) is 11.3 Å². The first-order valence-electron chi connectivity index (χ1n) is 7.81. The molecule has 23 heavy (non-hydrogen) atoms. The van der Waals surface area contributed by atoms with Crippen molar-refractivity contribution in [2.24, 2.45) is 11.7 Å². The third-order valence-corrected chi connectivity index (χ3v) is 4.71. The number of likely N-dealkylation sites (tertiary alicyclic amines) is 1. The predicted octanol–water partition coefficient (Wildman–Crippen LogP) is 3.19. The Hall–Kier alpha value is -1.85. The van der Waals surface area contributed by atoms with E-state index < -0.39 is 0 Å². The van der Waals surface area contributed by atoms with E-state index in [1.165, 1.54) is 6.39 Å². The summed E-state index contributed by atoms with van der Waals surface area (Å²) in [5.41, 5.74) is 6.98. The molecule has 0 bridgehead atoms. The molecule has 1 aromatic heterocycles. The van der Waals surface area contributed by atoms with Crippen LogP contribution < -0.4 is 5.73 Å². The van der Waals surface area contributed by atoms with Crippen LogP contribution in [0.15, 0.2) is 35.1 Å². The summed E-state index contributed by atoms with van der Waals surface area (Å²) in [6, 6.07) is 7.35. The molecule has 1 aliphatic heterocycles. The van der Waals surface area contributed by atoms with Gasteiger partial charge in [-0.2, -0.15) is 0 Å². The topological polar surface area (TPSA) is 72.4 Å². The summed E-state index contributed by atoms with van der Waals surface area (Å²) in [5.74, 6) is 0.617. The average molecular weight is 334 g/mol. The number of oxazole rings is 1. The van der Waals surface area contributed by atoms with Crippen molar-refractivity contribution < 1.29 is 9.21 Å². The molecule has 0 aliphatic carbocycles. The lowest BCUT2D eigenvalue weighted by atomic mass is 9.92. The number of hydrogen-bond donors (Lipinski definition) is 1. The van der Waals surface area contributed by atoms with Gasteiger partial charge in [0.2, 0.25) is 0 Å². The summed E-state index contributed by atoms with van der Waals surface area (Å²) in [4.78, 5) is 18.8. The van der Waals surface area contributed by atoms with Crippen molar-refractivity contribution in [3.05, 3.63) is 41.4 Å². The van der Waals surface area contributed by atoms with Gasteiger partial charge in [-0.3, -0.25) is 4.79 Å². The number of piperidine rings is 1. The molecule has 2 N–H and O–H groups in total. The molecule has 0 radical (unpaired) electrons. The van der Waals surface area contributed by atoms with Crippen molar-refractivity contribution in [1.29, 1.82) is 0 Å². The van der Waals surface area contributed by atoms with Gasteiger partial charge in [-0.05, 0) is 37.8 Å². The number of carbonyl (C=O) groups excluding carboxylic acids is 1. The first kappa shape index (κ1) is 16.0. The number of halogens is 1. The molecule has 2 heterocycles. The van der Waals surface area contributed by atoms with Gasteiger partial charge in [0.15, 0.2) is 17.8 Å². The highest BCUT2D eigenvalue weighted by molar-refractivity contribution is 6.33. The zero-order chi connectivity index (χ0) is 16.4. The van der Waals surface area contributed by atoms with Gasteiger partial charge in [-0.25, -0.2) is 4.98 Å². The minimum atomic E-state index is -0.126. The molecule has 5 nitrogen and oxygen atoms in total. The quantitative estimate of drug-likeness (QED) is 0.936. The molecule has 3 rings (SSSR count). The van der Waals surface area contributed by atoms with E-state index in [2.05, 4.69) is 4.98 Å². The Morgan fingerprint density at radius 3 is 3.00 bits per heavy atom. The highest BCUT2D eigenvalue weighted by atomic mass is 35.5. The Bertz CT molecular complexity index is 699. The van der Waals surface area contributed by atoms with Gasteiger partial charge in [0.25, 0.3) is 5.91 Å². The van der Waals surface area contributed by atoms with E-state index in [1.54, 1.807) is 6.07 Å². The zero-order valence-electron chi connectivity index (χ0n) is 13.0. The molecular formula is C17H20ClN3O2. The van der Waals surface area contributed by atoms with E-state index in [-0.39, 0.29) is 11.9 Å². The maximum absolute atomic E-state index is 12.9. The van der Waals surface area contributed by atoms with Crippen molar-refractivity contribution in [3.63, 3.8) is 0 Å². The second-order valence-electron chi connectivity index (χ2n) is 6.02. The Morgan fingerprint density at radius 1 is 1.48 bits per heavy atom. The third-order valence-electron chi connectivity index (χ3n) is 4.38. The maximum atomic E-state index is 12.9. The van der Waals surface area contributed by atoms with Crippen LogP contribution in [0.1, 0.15) is 30.3 Å². The lowest BCUT2D eigenvalue weighted by molar-refractivity contribution is 0.0656. The largest absolute Gasteiger partial charge is 0.443 e. The van der Waals surface area contributed by atoms with Crippen LogP contribution in [0.4, 0.5) is 0 Å². The van der Waals surface area contributed by atoms with Crippen LogP contribution in [0.3, 0.4) is 0 Å². The van der Waals surface area contributed by atoms with Crippen LogP contribution in [0.25, 0.3) is 11.3 Å². The molecule has 1 aliphatic rings. The zero-order valence-corrected chi connectivity index (χ0v) is 13.8. The van der Waals surface area contributed by atoms with Crippen LogP contribution >= 0.6 is 11.6 Å². The molecule has 2 aromatic rings. The molecule has 122 valence electrons. The summed E-state index contributed by atoms with van der Waals surface area (Å²) < 4.78 is 5.45. The average Bonchev–Trinajstić information content (AvgIpc) is 3.04. The fourth-order valence-corrected chi connectivity index (χ4v) is 3.23. The molecule has 6 heteroatoms. The molecule has 1 amide bonds. The summed E-state index contributed by atoms with van der Waals surface area (Å²) in [5, 5.41) is 0.533. The van der Waals surface area contributed by atoms with E-state index in [0.29, 0.717) is 34.5 Å². The number of benzene rings is 1. The number of aromatic nitrogens is 1. The van der Waals surface area contributed by atoms with E-state index in [4.69, 9.17) is 21.8 Å². The van der Waals surface area contributed by atoms with Crippen LogP contribution in [0, 0.1) is 5.92 Å². The number of hydrogen-bond acceptors (Lipinski definition) is 4. The molecule has 1 aromatic carbocycles. The van der Waals surface area contributed by atoms with Crippen LogP contribution in [-0.4, -0.2) is 34.9 Å². The molecule has 2 atom stereocenters. The summed E-state index contributed by atoms with van der Waals surface area (Å²) in [7, 11) is 0. The van der Waals surface area contributed by atoms with Gasteiger partial charge >= 0.3 is 0 Å². The number of carbonyl (C=O) groups is 1. The fraction of sp³-hybridized carbons (Fsp3) is 0.412. The number of nitrogens with zero attached hydrogens (tertiary/aromatic N) is 2. The Balaban J connectivity index is 1.87. The van der Waals surface area contributed by atoms with E-state index >= 15 is 0 Å². The molecular weight excluding hydrogens is 314 g/mol. The van der Waals surface area contributed by atoms with E-state index in [1.807, 2.05) is 30.0 Å². The van der Waals surface area contributed by atoms with Gasteiger partial charge in [0.05, 0.1) is 5.02 Å². The van der Waals surface area contributed by atoms with Gasteiger partial charge in [0, 0.05) is 24.7 Å². The monoisotopic (exact) mass is 333 g/mol. The number of nitrogens with two attached hydrogens (primary N) is 1. The summed E-state index contributed by atoms with van der Waals surface area (Å²) in [6.45, 7) is 3.37. The molecule has 1 saturated heterocycles. The molecule has 0 unspecified atom stereocenters. The Labute approximate surface area is 140 Å². The second-order valence-corrected chi connectivity index (χ2v) is 6.43. The van der Waals surface area contributed by atoms with Crippen LogP contribution in [0.5, 0.6) is 0 Å². The minimum absolute atomic E-state index is 0.0750. The molecule has 0 saturated carbocycles. The normalized spacial score (nSPS) is 19.6. The Kier molecular flexibility index (Phi) is 4.68. The smallest absolute Gasteiger partial charge is 0.276 e. The minimum Gasteiger partial charge on any atom is -0.443 e. The number of amides is 1. The van der Waals surface area contributed by atoms with Crippen LogP contribution in [0.2, 0.25) is 5.02 Å². The van der Waals surface area contributed by atoms with Gasteiger partial charge in [0.1, 0.15) is 0 Å². The number of rotatable bonds is 3. The van der Waals surface area contributed by atoms with E-state index in [9.17, 15) is 4.79 Å². The summed E-state index contributed by atoms with van der Waals surface area (Å²) >= 11 is 6.21. The highest BCUT2D eigenvalue weighted by Crippen LogP contribution is 2.31. The van der Waals surface area contributed by atoms with Crippen molar-refractivity contribution in [2.75, 3.05) is 13.1 Å². The Morgan fingerprint density at radius 2 is 2.26 bits per heavy atom. The van der Waals surface area contributed by atoms with Crippen molar-refractivity contribution in [1.82, 2.24) is 9.88 Å². The fourth-order valence-electron chi connectivity index (χ4n) is 3.01. The van der Waals surface area contributed by atoms with Crippen LogP contribution in [-0.2, 0) is 0 Å². The third kappa shape index (κ3) is 3.26. The van der Waals surface area contributed by atoms with Crippen molar-refractivity contribution >= 4 is 17.5 Å². The van der Waals surface area contributed by atoms with E-state index in [0.717, 1.165) is 19.4 Å². The molecule has 0 spiro atoms. The highest BCUT2D eigenvalue weighted by Gasteiger charge is 2.30. The van der Waals surface area contributed by atoms with Gasteiger partial charge in [-0.1, -0.05) is 23.7 Å². The lowest BCUT2D eigenvalue weighted by Gasteiger charge is -2.34. The lowest BCUT2D eigenvalue weighted by Crippen LogP contribution is -2.45. The second kappa shape index (κ2) is 6.72.